The van der Waals surface area contributed by atoms with Gasteiger partial charge in [-0.1, -0.05) is 6.07 Å². The molecule has 136 valence electrons. The van der Waals surface area contributed by atoms with Crippen LogP contribution in [0.5, 0.6) is 5.88 Å². The lowest BCUT2D eigenvalue weighted by atomic mass is 10.3. The van der Waals surface area contributed by atoms with E-state index in [0.29, 0.717) is 29.4 Å². The normalized spacial score (nSPS) is 11.0. The molecular weight excluding hydrogens is 334 g/mol. The number of carbonyl (C=O) groups excluding carboxylic acids is 1. The fourth-order valence-corrected chi connectivity index (χ4v) is 2.49. The van der Waals surface area contributed by atoms with Crippen molar-refractivity contribution in [2.75, 3.05) is 12.4 Å². The quantitative estimate of drug-likeness (QED) is 0.729. The second-order valence-electron chi connectivity index (χ2n) is 5.93. The van der Waals surface area contributed by atoms with Crippen molar-refractivity contribution in [2.24, 2.45) is 0 Å². The topological polar surface area (TPSA) is 99.8 Å². The molecule has 3 rings (SSSR count). The lowest BCUT2D eigenvalue weighted by Crippen LogP contribution is -2.14. The van der Waals surface area contributed by atoms with E-state index in [1.165, 1.54) is 7.11 Å². The van der Waals surface area contributed by atoms with Crippen molar-refractivity contribution >= 4 is 11.7 Å². The Kier molecular flexibility index (Phi) is 4.97. The molecule has 0 saturated heterocycles. The van der Waals surface area contributed by atoms with Crippen LogP contribution in [0, 0.1) is 0 Å². The SMILES string of the molecule is CCn1cc(C(=O)Nc2cccc(-c3nncn3C(C)C)n2)c(OC)n1. The first-order chi connectivity index (χ1) is 12.5. The predicted molar refractivity (Wildman–Crippen MR) is 96.0 cm³/mol. The number of hydrogen-bond donors (Lipinski definition) is 1. The van der Waals surface area contributed by atoms with E-state index < -0.39 is 0 Å². The molecule has 0 aromatic carbocycles. The molecule has 0 bridgehead atoms. The third-order valence-corrected chi connectivity index (χ3v) is 3.84. The summed E-state index contributed by atoms with van der Waals surface area (Å²) in [7, 11) is 1.48. The molecule has 9 nitrogen and oxygen atoms in total. The summed E-state index contributed by atoms with van der Waals surface area (Å²) in [5, 5.41) is 15.1. The molecule has 3 aromatic heterocycles. The number of methoxy groups -OCH3 is 1. The van der Waals surface area contributed by atoms with Gasteiger partial charge in [-0.25, -0.2) is 4.98 Å². The first-order valence-electron chi connectivity index (χ1n) is 8.33. The Labute approximate surface area is 151 Å². The molecule has 0 radical (unpaired) electrons. The molecule has 1 amide bonds. The first-order valence-corrected chi connectivity index (χ1v) is 8.33. The van der Waals surface area contributed by atoms with E-state index in [1.54, 1.807) is 23.3 Å². The summed E-state index contributed by atoms with van der Waals surface area (Å²) < 4.78 is 8.74. The van der Waals surface area contributed by atoms with Gasteiger partial charge in [0.05, 0.1) is 7.11 Å². The third kappa shape index (κ3) is 3.41. The molecule has 0 atom stereocenters. The fourth-order valence-electron chi connectivity index (χ4n) is 2.49. The minimum absolute atomic E-state index is 0.198. The monoisotopic (exact) mass is 355 g/mol. The van der Waals surface area contributed by atoms with Crippen LogP contribution in [0.3, 0.4) is 0 Å². The second-order valence-corrected chi connectivity index (χ2v) is 5.93. The smallest absolute Gasteiger partial charge is 0.263 e. The third-order valence-electron chi connectivity index (χ3n) is 3.84. The number of aromatic nitrogens is 6. The summed E-state index contributed by atoms with van der Waals surface area (Å²) in [5.41, 5.74) is 0.983. The van der Waals surface area contributed by atoms with E-state index in [9.17, 15) is 4.79 Å². The average Bonchev–Trinajstić information content (AvgIpc) is 3.28. The maximum Gasteiger partial charge on any atom is 0.263 e. The first kappa shape index (κ1) is 17.6. The van der Waals surface area contributed by atoms with Crippen LogP contribution in [0.25, 0.3) is 11.5 Å². The van der Waals surface area contributed by atoms with E-state index in [0.717, 1.165) is 0 Å². The van der Waals surface area contributed by atoms with E-state index >= 15 is 0 Å². The van der Waals surface area contributed by atoms with Gasteiger partial charge in [0.1, 0.15) is 23.4 Å². The van der Waals surface area contributed by atoms with Gasteiger partial charge >= 0.3 is 0 Å². The van der Waals surface area contributed by atoms with Gasteiger partial charge in [-0.3, -0.25) is 9.48 Å². The highest BCUT2D eigenvalue weighted by Crippen LogP contribution is 2.21. The van der Waals surface area contributed by atoms with Crippen LogP contribution in [0.15, 0.2) is 30.7 Å². The fraction of sp³-hybridized carbons (Fsp3) is 0.353. The van der Waals surface area contributed by atoms with Gasteiger partial charge in [0.15, 0.2) is 5.82 Å². The van der Waals surface area contributed by atoms with Crippen molar-refractivity contribution in [3.8, 4) is 17.4 Å². The van der Waals surface area contributed by atoms with Crippen molar-refractivity contribution in [2.45, 2.75) is 33.4 Å². The molecule has 26 heavy (non-hydrogen) atoms. The Morgan fingerprint density at radius 2 is 2.15 bits per heavy atom. The highest BCUT2D eigenvalue weighted by atomic mass is 16.5. The Morgan fingerprint density at radius 3 is 2.85 bits per heavy atom. The predicted octanol–water partition coefficient (Wildman–Crippen LogP) is 2.40. The molecule has 0 fully saturated rings. The summed E-state index contributed by atoms with van der Waals surface area (Å²) in [6.45, 7) is 6.65. The molecule has 1 N–H and O–H groups in total. The van der Waals surface area contributed by atoms with Gasteiger partial charge < -0.3 is 14.6 Å². The number of amides is 1. The number of nitrogens with one attached hydrogen (secondary N) is 1. The van der Waals surface area contributed by atoms with Gasteiger partial charge in [0.2, 0.25) is 5.88 Å². The number of pyridine rings is 1. The van der Waals surface area contributed by atoms with Gasteiger partial charge in [0.25, 0.3) is 5.91 Å². The van der Waals surface area contributed by atoms with Crippen LogP contribution in [0.4, 0.5) is 5.82 Å². The van der Waals surface area contributed by atoms with Crippen LogP contribution in [-0.2, 0) is 6.54 Å². The zero-order valence-corrected chi connectivity index (χ0v) is 15.2. The van der Waals surface area contributed by atoms with Crippen molar-refractivity contribution in [1.82, 2.24) is 29.5 Å². The van der Waals surface area contributed by atoms with E-state index in [-0.39, 0.29) is 17.8 Å². The highest BCUT2D eigenvalue weighted by Gasteiger charge is 2.18. The molecule has 0 saturated carbocycles. The number of hydrogen-bond acceptors (Lipinski definition) is 6. The lowest BCUT2D eigenvalue weighted by Gasteiger charge is -2.10. The molecular formula is C17H21N7O2. The molecule has 0 unspecified atom stereocenters. The van der Waals surface area contributed by atoms with Gasteiger partial charge in [-0.05, 0) is 32.9 Å². The summed E-state index contributed by atoms with van der Waals surface area (Å²) in [6, 6.07) is 5.55. The number of rotatable bonds is 6. The summed E-state index contributed by atoms with van der Waals surface area (Å²) >= 11 is 0. The minimum atomic E-state index is -0.337. The van der Waals surface area contributed by atoms with Crippen LogP contribution >= 0.6 is 0 Å². The van der Waals surface area contributed by atoms with Crippen LogP contribution < -0.4 is 10.1 Å². The number of ether oxygens (including phenoxy) is 1. The van der Waals surface area contributed by atoms with Crippen molar-refractivity contribution in [3.05, 3.63) is 36.3 Å². The standard InChI is InChI=1S/C17H21N7O2/c1-5-23-9-12(17(22-23)26-4)16(25)20-14-8-6-7-13(19-14)15-21-18-10-24(15)11(2)3/h6-11H,5H2,1-4H3,(H,19,20,25). The summed E-state index contributed by atoms with van der Waals surface area (Å²) in [5.74, 6) is 1.00. The molecule has 9 heteroatoms. The number of nitrogens with zero attached hydrogens (tertiary/aromatic N) is 6. The zero-order valence-electron chi connectivity index (χ0n) is 15.2. The Hall–Kier alpha value is -3.23. The maximum atomic E-state index is 12.6. The molecule has 3 aromatic rings. The maximum absolute atomic E-state index is 12.6. The van der Waals surface area contributed by atoms with Crippen LogP contribution in [0.2, 0.25) is 0 Å². The van der Waals surface area contributed by atoms with Gasteiger partial charge in [-0.15, -0.1) is 15.3 Å². The van der Waals surface area contributed by atoms with Crippen LogP contribution in [0.1, 0.15) is 37.2 Å². The largest absolute Gasteiger partial charge is 0.479 e. The molecule has 3 heterocycles. The molecule has 0 aliphatic carbocycles. The van der Waals surface area contributed by atoms with E-state index in [1.807, 2.05) is 37.5 Å². The molecule has 0 spiro atoms. The second kappa shape index (κ2) is 7.34. The molecule has 0 aliphatic heterocycles. The van der Waals surface area contributed by atoms with Crippen LogP contribution in [-0.4, -0.2) is 42.5 Å². The van der Waals surface area contributed by atoms with Crippen molar-refractivity contribution in [1.29, 1.82) is 0 Å². The zero-order chi connectivity index (χ0) is 18.7. The number of carbonyl (C=O) groups is 1. The molecule has 0 aliphatic rings. The summed E-state index contributed by atoms with van der Waals surface area (Å²) in [6.07, 6.45) is 3.31. The highest BCUT2D eigenvalue weighted by molar-refractivity contribution is 6.05. The van der Waals surface area contributed by atoms with Crippen molar-refractivity contribution < 1.29 is 9.53 Å². The van der Waals surface area contributed by atoms with E-state index in [4.69, 9.17) is 4.74 Å². The lowest BCUT2D eigenvalue weighted by molar-refractivity contribution is 0.102. The Morgan fingerprint density at radius 1 is 1.35 bits per heavy atom. The number of aryl methyl sites for hydroxylation is 1. The van der Waals surface area contributed by atoms with Gasteiger partial charge in [0, 0.05) is 18.8 Å². The minimum Gasteiger partial charge on any atom is -0.479 e. The Balaban J connectivity index is 1.86. The average molecular weight is 355 g/mol. The Bertz CT molecular complexity index is 913. The summed E-state index contributed by atoms with van der Waals surface area (Å²) in [4.78, 5) is 17.1. The van der Waals surface area contributed by atoms with Crippen molar-refractivity contribution in [3.63, 3.8) is 0 Å². The van der Waals surface area contributed by atoms with E-state index in [2.05, 4.69) is 25.6 Å². The van der Waals surface area contributed by atoms with Gasteiger partial charge in [-0.2, -0.15) is 0 Å². The number of anilines is 1.